The van der Waals surface area contributed by atoms with E-state index in [9.17, 15) is 4.79 Å². The molecule has 1 atom stereocenters. The number of nitrogens with zero attached hydrogens (tertiary/aromatic N) is 3. The Morgan fingerprint density at radius 2 is 2.11 bits per heavy atom. The van der Waals surface area contributed by atoms with E-state index in [-0.39, 0.29) is 18.1 Å². The molecule has 8 nitrogen and oxygen atoms in total. The Morgan fingerprint density at radius 1 is 1.29 bits per heavy atom. The number of nitrogens with one attached hydrogen (secondary N) is 1. The Hall–Kier alpha value is -2.61. The number of amides is 2. The number of hydrogen-bond donors (Lipinski definition) is 1. The summed E-state index contributed by atoms with van der Waals surface area (Å²) in [5.41, 5.74) is 0.787. The van der Waals surface area contributed by atoms with Gasteiger partial charge in [0.25, 0.3) is 5.89 Å². The summed E-state index contributed by atoms with van der Waals surface area (Å²) in [5.74, 6) is 2.05. The van der Waals surface area contributed by atoms with Gasteiger partial charge in [0, 0.05) is 32.2 Å². The molecule has 1 N–H and O–H groups in total. The zero-order valence-corrected chi connectivity index (χ0v) is 16.1. The van der Waals surface area contributed by atoms with Crippen LogP contribution < -0.4 is 10.1 Å². The van der Waals surface area contributed by atoms with Crippen molar-refractivity contribution < 1.29 is 18.8 Å². The van der Waals surface area contributed by atoms with Gasteiger partial charge in [0.05, 0.1) is 18.8 Å². The van der Waals surface area contributed by atoms with Crippen LogP contribution in [0.4, 0.5) is 4.79 Å². The van der Waals surface area contributed by atoms with Crippen LogP contribution >= 0.6 is 0 Å². The molecular weight excluding hydrogens is 360 g/mol. The van der Waals surface area contributed by atoms with Crippen molar-refractivity contribution in [3.63, 3.8) is 0 Å². The molecule has 2 fully saturated rings. The number of ether oxygens (including phenoxy) is 2. The highest BCUT2D eigenvalue weighted by Crippen LogP contribution is 2.31. The van der Waals surface area contributed by atoms with E-state index in [1.807, 2.05) is 29.2 Å². The lowest BCUT2D eigenvalue weighted by molar-refractivity contribution is 0.108. The first kappa shape index (κ1) is 18.7. The standard InChI is InChI=1S/C20H26N4O4/c1-26-17-7-3-2-6-16(17)19-22-18(23-28-19)14-8-10-24(11-9-14)20(25)21-13-15-5-4-12-27-15/h2-3,6-7,14-15H,4-5,8-13H2,1H3,(H,21,25)/t15-/m0/s1. The van der Waals surface area contributed by atoms with E-state index >= 15 is 0 Å². The van der Waals surface area contributed by atoms with Crippen LogP contribution in [-0.2, 0) is 4.74 Å². The van der Waals surface area contributed by atoms with E-state index < -0.39 is 0 Å². The van der Waals surface area contributed by atoms with E-state index in [1.54, 1.807) is 7.11 Å². The molecule has 4 rings (SSSR count). The van der Waals surface area contributed by atoms with Crippen LogP contribution in [-0.4, -0.2) is 60.5 Å². The van der Waals surface area contributed by atoms with E-state index in [0.717, 1.165) is 37.9 Å². The van der Waals surface area contributed by atoms with Gasteiger partial charge in [-0.05, 0) is 37.8 Å². The fourth-order valence-electron chi connectivity index (χ4n) is 3.79. The number of likely N-dealkylation sites (tertiary alicyclic amines) is 1. The molecule has 8 heteroatoms. The second-order valence-electron chi connectivity index (χ2n) is 7.24. The van der Waals surface area contributed by atoms with Crippen LogP contribution in [0.5, 0.6) is 5.75 Å². The van der Waals surface area contributed by atoms with Gasteiger partial charge in [0.15, 0.2) is 5.82 Å². The minimum Gasteiger partial charge on any atom is -0.496 e. The summed E-state index contributed by atoms with van der Waals surface area (Å²) in [6.07, 6.45) is 3.90. The molecule has 3 heterocycles. The van der Waals surface area contributed by atoms with Gasteiger partial charge in [-0.3, -0.25) is 0 Å². The van der Waals surface area contributed by atoms with E-state index in [4.69, 9.17) is 14.0 Å². The largest absolute Gasteiger partial charge is 0.496 e. The summed E-state index contributed by atoms with van der Waals surface area (Å²) < 4.78 is 16.4. The third-order valence-corrected chi connectivity index (χ3v) is 5.43. The Labute approximate surface area is 164 Å². The highest BCUT2D eigenvalue weighted by Gasteiger charge is 2.28. The zero-order valence-electron chi connectivity index (χ0n) is 16.1. The van der Waals surface area contributed by atoms with Crippen molar-refractivity contribution in [1.82, 2.24) is 20.4 Å². The summed E-state index contributed by atoms with van der Waals surface area (Å²) in [4.78, 5) is 18.8. The summed E-state index contributed by atoms with van der Waals surface area (Å²) in [7, 11) is 1.62. The molecule has 0 unspecified atom stereocenters. The fraction of sp³-hybridized carbons (Fsp3) is 0.550. The highest BCUT2D eigenvalue weighted by molar-refractivity contribution is 5.74. The number of carbonyl (C=O) groups is 1. The number of hydrogen-bond acceptors (Lipinski definition) is 6. The zero-order chi connectivity index (χ0) is 19.3. The number of methoxy groups -OCH3 is 1. The lowest BCUT2D eigenvalue weighted by Crippen LogP contribution is -2.46. The van der Waals surface area contributed by atoms with Gasteiger partial charge in [0.2, 0.25) is 0 Å². The molecule has 0 bridgehead atoms. The van der Waals surface area contributed by atoms with Gasteiger partial charge in [-0.2, -0.15) is 4.98 Å². The lowest BCUT2D eigenvalue weighted by atomic mass is 9.96. The first-order valence-corrected chi connectivity index (χ1v) is 9.86. The van der Waals surface area contributed by atoms with Crippen LogP contribution in [0.2, 0.25) is 0 Å². The maximum absolute atomic E-state index is 12.4. The van der Waals surface area contributed by atoms with Crippen molar-refractivity contribution in [2.75, 3.05) is 33.4 Å². The van der Waals surface area contributed by atoms with E-state index in [2.05, 4.69) is 15.5 Å². The van der Waals surface area contributed by atoms with Crippen molar-refractivity contribution >= 4 is 6.03 Å². The summed E-state index contributed by atoms with van der Waals surface area (Å²) in [5, 5.41) is 7.16. The molecule has 1 aromatic carbocycles. The number of piperidine rings is 1. The highest BCUT2D eigenvalue weighted by atomic mass is 16.5. The fourth-order valence-corrected chi connectivity index (χ4v) is 3.79. The molecule has 2 aromatic rings. The number of urea groups is 1. The summed E-state index contributed by atoms with van der Waals surface area (Å²) >= 11 is 0. The number of benzene rings is 1. The van der Waals surface area contributed by atoms with Crippen molar-refractivity contribution in [2.45, 2.75) is 37.7 Å². The molecule has 0 aliphatic carbocycles. The average Bonchev–Trinajstić information content (AvgIpc) is 3.44. The summed E-state index contributed by atoms with van der Waals surface area (Å²) in [6, 6.07) is 7.57. The average molecular weight is 386 g/mol. The predicted molar refractivity (Wildman–Crippen MR) is 102 cm³/mol. The minimum atomic E-state index is -0.0169. The third-order valence-electron chi connectivity index (χ3n) is 5.43. The Balaban J connectivity index is 1.31. The van der Waals surface area contributed by atoms with Gasteiger partial charge < -0.3 is 24.2 Å². The molecule has 2 saturated heterocycles. The van der Waals surface area contributed by atoms with Crippen molar-refractivity contribution in [3.8, 4) is 17.2 Å². The van der Waals surface area contributed by atoms with Gasteiger partial charge in [0.1, 0.15) is 5.75 Å². The van der Waals surface area contributed by atoms with Crippen LogP contribution in [0.25, 0.3) is 11.5 Å². The molecule has 0 saturated carbocycles. The Kier molecular flexibility index (Phi) is 5.76. The molecule has 2 aliphatic heterocycles. The van der Waals surface area contributed by atoms with Crippen LogP contribution in [0, 0.1) is 0 Å². The van der Waals surface area contributed by atoms with Gasteiger partial charge in [-0.15, -0.1) is 0 Å². The molecule has 28 heavy (non-hydrogen) atoms. The maximum atomic E-state index is 12.4. The number of carbonyl (C=O) groups excluding carboxylic acids is 1. The molecule has 150 valence electrons. The van der Waals surface area contributed by atoms with Crippen molar-refractivity contribution in [2.24, 2.45) is 0 Å². The third kappa shape index (κ3) is 4.11. The molecular formula is C20H26N4O4. The van der Waals surface area contributed by atoms with Gasteiger partial charge >= 0.3 is 6.03 Å². The first-order chi connectivity index (χ1) is 13.7. The second-order valence-corrected chi connectivity index (χ2v) is 7.24. The smallest absolute Gasteiger partial charge is 0.317 e. The van der Waals surface area contributed by atoms with Gasteiger partial charge in [-0.1, -0.05) is 17.3 Å². The molecule has 2 amide bonds. The van der Waals surface area contributed by atoms with Gasteiger partial charge in [-0.25, -0.2) is 4.79 Å². The molecule has 2 aliphatic rings. The monoisotopic (exact) mass is 386 g/mol. The molecule has 0 spiro atoms. The topological polar surface area (TPSA) is 89.7 Å². The summed E-state index contributed by atoms with van der Waals surface area (Å²) in [6.45, 7) is 2.75. The van der Waals surface area contributed by atoms with Crippen molar-refractivity contribution in [1.29, 1.82) is 0 Å². The number of aromatic nitrogens is 2. The predicted octanol–water partition coefficient (Wildman–Crippen LogP) is 2.81. The first-order valence-electron chi connectivity index (χ1n) is 9.86. The van der Waals surface area contributed by atoms with Crippen molar-refractivity contribution in [3.05, 3.63) is 30.1 Å². The van der Waals surface area contributed by atoms with Crippen LogP contribution in [0.1, 0.15) is 37.4 Å². The quantitative estimate of drug-likeness (QED) is 0.850. The number of rotatable bonds is 5. The molecule has 1 aromatic heterocycles. The Bertz CT molecular complexity index is 795. The Morgan fingerprint density at radius 3 is 2.86 bits per heavy atom. The minimum absolute atomic E-state index is 0.0169. The molecule has 0 radical (unpaired) electrons. The second kappa shape index (κ2) is 8.60. The normalized spacial score (nSPS) is 20.3. The van der Waals surface area contributed by atoms with E-state index in [1.165, 1.54) is 0 Å². The maximum Gasteiger partial charge on any atom is 0.317 e. The van der Waals surface area contributed by atoms with Crippen LogP contribution in [0.15, 0.2) is 28.8 Å². The SMILES string of the molecule is COc1ccccc1-c1nc(C2CCN(C(=O)NC[C@@H]3CCCO3)CC2)no1. The van der Waals surface area contributed by atoms with E-state index in [0.29, 0.717) is 37.1 Å². The lowest BCUT2D eigenvalue weighted by Gasteiger charge is -2.31. The van der Waals surface area contributed by atoms with Crippen LogP contribution in [0.3, 0.4) is 0 Å². The number of para-hydroxylation sites is 1.